The van der Waals surface area contributed by atoms with Gasteiger partial charge in [-0.15, -0.1) is 0 Å². The number of rotatable bonds is 4. The van der Waals surface area contributed by atoms with Gasteiger partial charge in [0.15, 0.2) is 0 Å². The summed E-state index contributed by atoms with van der Waals surface area (Å²) in [5.74, 6) is 0.870. The van der Waals surface area contributed by atoms with Gasteiger partial charge in [-0.25, -0.2) is 0 Å². The largest absolute Gasteiger partial charge is 0.481 e. The predicted molar refractivity (Wildman–Crippen MR) is 88.3 cm³/mol. The molecular formula is C18H33NO2. The first-order valence-electron chi connectivity index (χ1n) is 7.96. The van der Waals surface area contributed by atoms with E-state index in [1.54, 1.807) is 11.1 Å². The highest BCUT2D eigenvalue weighted by Crippen LogP contribution is 2.46. The Morgan fingerprint density at radius 3 is 2.57 bits per heavy atom. The lowest BCUT2D eigenvalue weighted by Crippen LogP contribution is -2.34. The Kier molecular flexibility index (Phi) is 6.45. The van der Waals surface area contributed by atoms with Gasteiger partial charge in [-0.1, -0.05) is 25.5 Å². The van der Waals surface area contributed by atoms with Crippen molar-refractivity contribution in [3.8, 4) is 0 Å². The van der Waals surface area contributed by atoms with Crippen LogP contribution in [0.15, 0.2) is 11.1 Å². The molecular weight excluding hydrogens is 262 g/mol. The average Bonchev–Trinajstić information content (AvgIpc) is 2.63. The van der Waals surface area contributed by atoms with Crippen LogP contribution in [-0.2, 0) is 4.79 Å². The van der Waals surface area contributed by atoms with Crippen LogP contribution in [0.4, 0.5) is 0 Å². The van der Waals surface area contributed by atoms with Crippen molar-refractivity contribution in [3.05, 3.63) is 11.1 Å². The topological polar surface area (TPSA) is 40.5 Å². The first-order chi connectivity index (χ1) is 9.40. The van der Waals surface area contributed by atoms with E-state index in [0.717, 1.165) is 25.2 Å². The quantitative estimate of drug-likeness (QED) is 0.796. The zero-order valence-electron chi connectivity index (χ0n) is 13.4. The van der Waals surface area contributed by atoms with Gasteiger partial charge in [0.1, 0.15) is 0 Å². The highest BCUT2D eigenvalue weighted by atomic mass is 16.4. The molecule has 2 rings (SSSR count). The number of fused-ring (bicyclic) bond motifs is 1. The standard InChI is InChI=1S/C17H29NO2.CH4/c1-11-5-7-13(16(17(19)20)10-18(3)4)9-15-12(2)6-8-14(11)15;/h12-13,15-16H,5-10H2,1-4H3,(H,19,20);1H4/t12?,13?,15?,16-;/m0./s1. The SMILES string of the molecule is C.CC1=C2CCC(C)C2CC([C@H](CN(C)C)C(=O)O)CC1. The lowest BCUT2D eigenvalue weighted by atomic mass is 9.79. The lowest BCUT2D eigenvalue weighted by molar-refractivity contribution is -0.144. The summed E-state index contributed by atoms with van der Waals surface area (Å²) in [6.45, 7) is 5.27. The molecule has 0 saturated heterocycles. The second kappa shape index (κ2) is 7.44. The number of hydrogen-bond acceptors (Lipinski definition) is 2. The maximum atomic E-state index is 11.7. The van der Waals surface area contributed by atoms with E-state index in [9.17, 15) is 9.90 Å². The number of carboxylic acids is 1. The first kappa shape index (κ1) is 18.2. The molecule has 3 heteroatoms. The minimum atomic E-state index is -0.615. The third kappa shape index (κ3) is 4.09. The second-order valence-corrected chi connectivity index (χ2v) is 7.17. The van der Waals surface area contributed by atoms with Crippen LogP contribution in [0, 0.1) is 23.7 Å². The fourth-order valence-electron chi connectivity index (χ4n) is 4.21. The highest BCUT2D eigenvalue weighted by molar-refractivity contribution is 5.70. The molecule has 0 aromatic rings. The molecule has 0 aromatic heterocycles. The van der Waals surface area contributed by atoms with E-state index < -0.39 is 5.97 Å². The van der Waals surface area contributed by atoms with Crippen LogP contribution in [0.2, 0.25) is 0 Å². The van der Waals surface area contributed by atoms with Gasteiger partial charge in [0.2, 0.25) is 0 Å². The van der Waals surface area contributed by atoms with Gasteiger partial charge in [0, 0.05) is 6.54 Å². The first-order valence-corrected chi connectivity index (χ1v) is 7.96. The maximum Gasteiger partial charge on any atom is 0.308 e. The molecule has 122 valence electrons. The van der Waals surface area contributed by atoms with Crippen molar-refractivity contribution in [1.29, 1.82) is 0 Å². The molecule has 0 amide bonds. The Labute approximate surface area is 130 Å². The van der Waals surface area contributed by atoms with Gasteiger partial charge in [-0.05, 0) is 70.9 Å². The molecule has 1 saturated carbocycles. The van der Waals surface area contributed by atoms with Crippen molar-refractivity contribution in [2.75, 3.05) is 20.6 Å². The average molecular weight is 295 g/mol. The summed E-state index contributed by atoms with van der Waals surface area (Å²) >= 11 is 0. The lowest BCUT2D eigenvalue weighted by Gasteiger charge is -2.28. The molecule has 1 fully saturated rings. The smallest absolute Gasteiger partial charge is 0.308 e. The summed E-state index contributed by atoms with van der Waals surface area (Å²) in [4.78, 5) is 13.7. The highest BCUT2D eigenvalue weighted by Gasteiger charge is 2.38. The number of aliphatic carboxylic acids is 1. The van der Waals surface area contributed by atoms with Crippen molar-refractivity contribution in [3.63, 3.8) is 0 Å². The fraction of sp³-hybridized carbons (Fsp3) is 0.833. The van der Waals surface area contributed by atoms with E-state index in [2.05, 4.69) is 13.8 Å². The molecule has 0 bridgehead atoms. The summed E-state index contributed by atoms with van der Waals surface area (Å²) < 4.78 is 0. The third-order valence-electron chi connectivity index (χ3n) is 5.45. The Morgan fingerprint density at radius 1 is 1.33 bits per heavy atom. The van der Waals surface area contributed by atoms with Crippen LogP contribution in [0.5, 0.6) is 0 Å². The molecule has 0 heterocycles. The van der Waals surface area contributed by atoms with E-state index in [-0.39, 0.29) is 13.3 Å². The molecule has 0 radical (unpaired) electrons. The number of allylic oxidation sites excluding steroid dienone is 2. The maximum absolute atomic E-state index is 11.7. The van der Waals surface area contributed by atoms with Gasteiger partial charge in [0.05, 0.1) is 5.92 Å². The van der Waals surface area contributed by atoms with Gasteiger partial charge >= 0.3 is 5.97 Å². The van der Waals surface area contributed by atoms with Crippen molar-refractivity contribution in [2.45, 2.75) is 53.4 Å². The molecule has 4 atom stereocenters. The van der Waals surface area contributed by atoms with E-state index in [4.69, 9.17) is 0 Å². The number of carbonyl (C=O) groups is 1. The van der Waals surface area contributed by atoms with E-state index >= 15 is 0 Å². The van der Waals surface area contributed by atoms with Crippen molar-refractivity contribution >= 4 is 5.97 Å². The minimum absolute atomic E-state index is 0. The third-order valence-corrected chi connectivity index (χ3v) is 5.45. The molecule has 0 aliphatic heterocycles. The minimum Gasteiger partial charge on any atom is -0.481 e. The number of nitrogens with zero attached hydrogens (tertiary/aromatic N) is 1. The van der Waals surface area contributed by atoms with E-state index in [1.165, 1.54) is 12.8 Å². The summed E-state index contributed by atoms with van der Waals surface area (Å²) in [6, 6.07) is 0. The van der Waals surface area contributed by atoms with Crippen LogP contribution in [-0.4, -0.2) is 36.6 Å². The van der Waals surface area contributed by atoms with Gasteiger partial charge < -0.3 is 10.0 Å². The van der Waals surface area contributed by atoms with Gasteiger partial charge in [0.25, 0.3) is 0 Å². The van der Waals surface area contributed by atoms with Crippen LogP contribution < -0.4 is 0 Å². The van der Waals surface area contributed by atoms with E-state index in [1.807, 2.05) is 19.0 Å². The molecule has 0 spiro atoms. The normalized spacial score (nSPS) is 30.6. The van der Waals surface area contributed by atoms with Gasteiger partial charge in [-0.3, -0.25) is 4.79 Å². The zero-order chi connectivity index (χ0) is 14.9. The monoisotopic (exact) mass is 295 g/mol. The predicted octanol–water partition coefficient (Wildman–Crippen LogP) is 4.05. The number of hydrogen-bond donors (Lipinski definition) is 1. The Morgan fingerprint density at radius 2 is 2.00 bits per heavy atom. The Balaban J connectivity index is 0.00000220. The second-order valence-electron chi connectivity index (χ2n) is 7.17. The molecule has 2 aliphatic carbocycles. The van der Waals surface area contributed by atoms with Crippen LogP contribution in [0.3, 0.4) is 0 Å². The van der Waals surface area contributed by atoms with Crippen molar-refractivity contribution in [2.24, 2.45) is 23.7 Å². The zero-order valence-corrected chi connectivity index (χ0v) is 13.4. The molecule has 0 aromatic carbocycles. The number of carboxylic acid groups (broad SMARTS) is 1. The molecule has 3 nitrogen and oxygen atoms in total. The van der Waals surface area contributed by atoms with Gasteiger partial charge in [-0.2, -0.15) is 0 Å². The molecule has 3 unspecified atom stereocenters. The molecule has 21 heavy (non-hydrogen) atoms. The van der Waals surface area contributed by atoms with Crippen molar-refractivity contribution in [1.82, 2.24) is 4.90 Å². The summed E-state index contributed by atoms with van der Waals surface area (Å²) in [5, 5.41) is 9.60. The molecule has 2 aliphatic rings. The van der Waals surface area contributed by atoms with Crippen LogP contribution >= 0.6 is 0 Å². The Hall–Kier alpha value is -0.830. The van der Waals surface area contributed by atoms with Crippen molar-refractivity contribution < 1.29 is 9.90 Å². The summed E-state index contributed by atoms with van der Waals surface area (Å²) in [5.41, 5.74) is 3.21. The summed E-state index contributed by atoms with van der Waals surface area (Å²) in [6.07, 6.45) is 5.76. The van der Waals surface area contributed by atoms with Crippen LogP contribution in [0.1, 0.15) is 53.4 Å². The van der Waals surface area contributed by atoms with E-state index in [0.29, 0.717) is 18.4 Å². The Bertz CT molecular complexity index is 400. The summed E-state index contributed by atoms with van der Waals surface area (Å²) in [7, 11) is 3.94. The molecule has 1 N–H and O–H groups in total. The fourth-order valence-corrected chi connectivity index (χ4v) is 4.21. The van der Waals surface area contributed by atoms with Crippen LogP contribution in [0.25, 0.3) is 0 Å².